The van der Waals surface area contributed by atoms with Crippen molar-refractivity contribution in [3.8, 4) is 5.75 Å². The molecular formula is C19H21NO2S. The number of hydrogen-bond acceptors (Lipinski definition) is 3. The zero-order chi connectivity index (χ0) is 15.9. The largest absolute Gasteiger partial charge is 0.484 e. The Morgan fingerprint density at radius 2 is 1.74 bits per heavy atom. The van der Waals surface area contributed by atoms with Gasteiger partial charge in [0.2, 0.25) is 0 Å². The number of hydrogen-bond donors (Lipinski definition) is 0. The van der Waals surface area contributed by atoms with E-state index < -0.39 is 0 Å². The van der Waals surface area contributed by atoms with Crippen LogP contribution in [0.4, 0.5) is 0 Å². The fourth-order valence-corrected chi connectivity index (χ4v) is 3.94. The van der Waals surface area contributed by atoms with Gasteiger partial charge in [-0.1, -0.05) is 48.5 Å². The summed E-state index contributed by atoms with van der Waals surface area (Å²) in [4.78, 5) is 14.3. The van der Waals surface area contributed by atoms with Crippen molar-refractivity contribution in [2.24, 2.45) is 0 Å². The molecular weight excluding hydrogens is 306 g/mol. The van der Waals surface area contributed by atoms with Gasteiger partial charge in [-0.25, -0.2) is 0 Å². The molecule has 1 fully saturated rings. The summed E-state index contributed by atoms with van der Waals surface area (Å²) in [6.07, 6.45) is 0.992. The maximum absolute atomic E-state index is 12.4. The van der Waals surface area contributed by atoms with Gasteiger partial charge in [-0.2, -0.15) is 11.8 Å². The van der Waals surface area contributed by atoms with E-state index in [1.54, 1.807) is 0 Å². The highest BCUT2D eigenvalue weighted by Gasteiger charge is 2.22. The first-order chi connectivity index (χ1) is 11.3. The van der Waals surface area contributed by atoms with E-state index in [1.807, 2.05) is 53.1 Å². The van der Waals surface area contributed by atoms with Crippen molar-refractivity contribution in [2.75, 3.05) is 25.4 Å². The maximum Gasteiger partial charge on any atom is 0.260 e. The van der Waals surface area contributed by atoms with E-state index in [0.29, 0.717) is 5.25 Å². The van der Waals surface area contributed by atoms with Gasteiger partial charge in [0.15, 0.2) is 6.61 Å². The minimum absolute atomic E-state index is 0.0724. The summed E-state index contributed by atoms with van der Waals surface area (Å²) >= 11 is 1.94. The predicted molar refractivity (Wildman–Crippen MR) is 94.8 cm³/mol. The van der Waals surface area contributed by atoms with E-state index in [4.69, 9.17) is 4.74 Å². The summed E-state index contributed by atoms with van der Waals surface area (Å²) in [5.41, 5.74) is 1.35. The smallest absolute Gasteiger partial charge is 0.260 e. The van der Waals surface area contributed by atoms with Crippen molar-refractivity contribution in [1.29, 1.82) is 0 Å². The lowest BCUT2D eigenvalue weighted by molar-refractivity contribution is -0.133. The van der Waals surface area contributed by atoms with Crippen LogP contribution in [-0.2, 0) is 4.79 Å². The average Bonchev–Trinajstić information content (AvgIpc) is 2.87. The number of carbonyl (C=O) groups is 1. The second kappa shape index (κ2) is 8.06. The van der Waals surface area contributed by atoms with Crippen LogP contribution in [0.25, 0.3) is 0 Å². The summed E-state index contributed by atoms with van der Waals surface area (Å²) in [6, 6.07) is 20.1. The van der Waals surface area contributed by atoms with Crippen molar-refractivity contribution in [2.45, 2.75) is 11.7 Å². The van der Waals surface area contributed by atoms with Crippen LogP contribution >= 0.6 is 11.8 Å². The number of para-hydroxylation sites is 1. The Morgan fingerprint density at radius 1 is 1.04 bits per heavy atom. The fraction of sp³-hybridized carbons (Fsp3) is 0.316. The first kappa shape index (κ1) is 15.9. The van der Waals surface area contributed by atoms with Crippen LogP contribution in [0.1, 0.15) is 17.2 Å². The van der Waals surface area contributed by atoms with Gasteiger partial charge in [0.1, 0.15) is 5.75 Å². The highest BCUT2D eigenvalue weighted by atomic mass is 32.2. The fourth-order valence-electron chi connectivity index (χ4n) is 2.71. The Balaban J connectivity index is 1.52. The summed E-state index contributed by atoms with van der Waals surface area (Å²) in [5.74, 6) is 1.78. The third kappa shape index (κ3) is 4.52. The van der Waals surface area contributed by atoms with Crippen LogP contribution in [0.5, 0.6) is 5.75 Å². The molecule has 0 aromatic heterocycles. The number of benzene rings is 2. The zero-order valence-corrected chi connectivity index (χ0v) is 13.9. The third-order valence-corrected chi connectivity index (χ3v) is 5.30. The number of thioether (sulfide) groups is 1. The first-order valence-electron chi connectivity index (χ1n) is 7.95. The molecule has 0 radical (unpaired) electrons. The number of ether oxygens (including phenoxy) is 1. The van der Waals surface area contributed by atoms with Crippen LogP contribution in [-0.4, -0.2) is 36.3 Å². The summed E-state index contributed by atoms with van der Waals surface area (Å²) in [5, 5.41) is 0.476. The number of amides is 1. The molecule has 1 aliphatic heterocycles. The van der Waals surface area contributed by atoms with E-state index in [2.05, 4.69) is 24.3 Å². The second-order valence-electron chi connectivity index (χ2n) is 5.54. The molecule has 0 saturated carbocycles. The zero-order valence-electron chi connectivity index (χ0n) is 13.1. The Bertz CT molecular complexity index is 618. The van der Waals surface area contributed by atoms with Gasteiger partial charge < -0.3 is 9.64 Å². The number of nitrogens with zero attached hydrogens (tertiary/aromatic N) is 1. The monoisotopic (exact) mass is 327 g/mol. The van der Waals surface area contributed by atoms with Crippen LogP contribution in [0.2, 0.25) is 0 Å². The Morgan fingerprint density at radius 3 is 2.48 bits per heavy atom. The van der Waals surface area contributed by atoms with E-state index in [1.165, 1.54) is 5.56 Å². The quantitative estimate of drug-likeness (QED) is 0.856. The molecule has 0 N–H and O–H groups in total. The second-order valence-corrected chi connectivity index (χ2v) is 6.85. The molecule has 2 aromatic carbocycles. The van der Waals surface area contributed by atoms with Crippen molar-refractivity contribution >= 4 is 17.7 Å². The normalized spacial score (nSPS) is 18.3. The number of rotatable bonds is 4. The van der Waals surface area contributed by atoms with Crippen molar-refractivity contribution in [3.63, 3.8) is 0 Å². The van der Waals surface area contributed by atoms with Gasteiger partial charge in [0.25, 0.3) is 5.91 Å². The van der Waals surface area contributed by atoms with Gasteiger partial charge in [-0.15, -0.1) is 0 Å². The van der Waals surface area contributed by atoms with Crippen molar-refractivity contribution < 1.29 is 9.53 Å². The summed E-state index contributed by atoms with van der Waals surface area (Å²) in [6.45, 7) is 1.71. The Labute approximate surface area is 141 Å². The highest BCUT2D eigenvalue weighted by Crippen LogP contribution is 2.34. The van der Waals surface area contributed by atoms with Gasteiger partial charge >= 0.3 is 0 Å². The standard InChI is InChI=1S/C19H21NO2S/c21-19(15-22-17-9-5-2-6-10-17)20-12-11-18(23-14-13-20)16-7-3-1-4-8-16/h1-10,18H,11-15H2/t18-/m1/s1. The molecule has 23 heavy (non-hydrogen) atoms. The van der Waals surface area contributed by atoms with E-state index in [0.717, 1.165) is 31.0 Å². The maximum atomic E-state index is 12.4. The molecule has 1 amide bonds. The van der Waals surface area contributed by atoms with Gasteiger partial charge in [0.05, 0.1) is 0 Å². The molecule has 120 valence electrons. The average molecular weight is 327 g/mol. The van der Waals surface area contributed by atoms with Crippen molar-refractivity contribution in [3.05, 3.63) is 66.2 Å². The van der Waals surface area contributed by atoms with Gasteiger partial charge in [0, 0.05) is 24.1 Å². The molecule has 1 heterocycles. The molecule has 3 nitrogen and oxygen atoms in total. The molecule has 0 aliphatic carbocycles. The third-order valence-electron chi connectivity index (χ3n) is 3.97. The Hall–Kier alpha value is -1.94. The molecule has 4 heteroatoms. The predicted octanol–water partition coefficient (Wildman–Crippen LogP) is 3.77. The molecule has 1 saturated heterocycles. The molecule has 0 unspecified atom stereocenters. The lowest BCUT2D eigenvalue weighted by atomic mass is 10.1. The molecule has 1 atom stereocenters. The number of carbonyl (C=O) groups excluding carboxylic acids is 1. The molecule has 1 aliphatic rings. The lowest BCUT2D eigenvalue weighted by Crippen LogP contribution is -2.36. The summed E-state index contributed by atoms with van der Waals surface area (Å²) in [7, 11) is 0. The van der Waals surface area contributed by atoms with Crippen molar-refractivity contribution in [1.82, 2.24) is 4.90 Å². The molecule has 0 spiro atoms. The van der Waals surface area contributed by atoms with Crippen LogP contribution in [0.3, 0.4) is 0 Å². The Kier molecular flexibility index (Phi) is 5.59. The SMILES string of the molecule is O=C(COc1ccccc1)N1CCS[C@@H](c2ccccc2)CC1. The summed E-state index contributed by atoms with van der Waals surface area (Å²) < 4.78 is 5.58. The van der Waals surface area contributed by atoms with Crippen LogP contribution in [0, 0.1) is 0 Å². The minimum Gasteiger partial charge on any atom is -0.484 e. The molecule has 0 bridgehead atoms. The molecule has 3 rings (SSSR count). The first-order valence-corrected chi connectivity index (χ1v) is 9.00. The topological polar surface area (TPSA) is 29.5 Å². The lowest BCUT2D eigenvalue weighted by Gasteiger charge is -2.20. The van der Waals surface area contributed by atoms with Gasteiger partial charge in [-0.3, -0.25) is 4.79 Å². The van der Waals surface area contributed by atoms with Crippen LogP contribution < -0.4 is 4.74 Å². The van der Waals surface area contributed by atoms with E-state index in [9.17, 15) is 4.79 Å². The highest BCUT2D eigenvalue weighted by molar-refractivity contribution is 7.99. The minimum atomic E-state index is 0.0724. The van der Waals surface area contributed by atoms with Gasteiger partial charge in [-0.05, 0) is 24.1 Å². The van der Waals surface area contributed by atoms with E-state index >= 15 is 0 Å². The van der Waals surface area contributed by atoms with Crippen LogP contribution in [0.15, 0.2) is 60.7 Å². The molecule has 2 aromatic rings. The van der Waals surface area contributed by atoms with E-state index in [-0.39, 0.29) is 12.5 Å².